The summed E-state index contributed by atoms with van der Waals surface area (Å²) in [6, 6.07) is 0. The van der Waals surface area contributed by atoms with Gasteiger partial charge in [-0.25, -0.2) is 16.8 Å². The first kappa shape index (κ1) is 33.1. The summed E-state index contributed by atoms with van der Waals surface area (Å²) in [5.74, 6) is 0. The molecule has 0 radical (unpaired) electrons. The van der Waals surface area contributed by atoms with Crippen molar-refractivity contribution in [2.75, 3.05) is 26.2 Å². The molecule has 0 spiro atoms. The van der Waals surface area contributed by atoms with Crippen LogP contribution in [0, 0.1) is 0 Å². The van der Waals surface area contributed by atoms with Gasteiger partial charge in [0.1, 0.15) is 0 Å². The minimum absolute atomic E-state index is 0.422. The molecule has 1 heterocycles. The first-order valence-corrected chi connectivity index (χ1v) is 12.9. The number of sulfonamides is 2. The average Bonchev–Trinajstić information content (AvgIpc) is 2.66. The minimum Gasteiger partial charge on any atom is -0.425 e. The number of halogens is 10. The molecule has 0 saturated carbocycles. The smallest absolute Gasteiger partial charge is 0.425 e. The van der Waals surface area contributed by atoms with Gasteiger partial charge in [0.25, 0.3) is 0 Å². The van der Waals surface area contributed by atoms with Gasteiger partial charge >= 0.3 is 22.9 Å². The van der Waals surface area contributed by atoms with Crippen LogP contribution in [0.1, 0.15) is 52.4 Å². The molecule has 0 aromatic heterocycles. The lowest BCUT2D eigenvalue weighted by Gasteiger charge is -2.41. The zero-order chi connectivity index (χ0) is 27.3. The molecule has 0 aromatic rings. The van der Waals surface area contributed by atoms with Gasteiger partial charge in [-0.05, 0) is 39.0 Å². The highest BCUT2D eigenvalue weighted by Gasteiger charge is 2.68. The zero-order valence-corrected chi connectivity index (χ0v) is 19.8. The highest BCUT2D eigenvalue weighted by Crippen LogP contribution is 2.47. The Morgan fingerprint density at radius 2 is 1.06 bits per heavy atom. The summed E-state index contributed by atoms with van der Waals surface area (Å²) in [7, 11) is -15.2. The van der Waals surface area contributed by atoms with E-state index in [1.54, 1.807) is 0 Å². The highest BCUT2D eigenvalue weighted by atomic mass is 32.3. The molecule has 1 saturated heterocycles. The number of hydrogen-bond donors (Lipinski definition) is 0. The van der Waals surface area contributed by atoms with Gasteiger partial charge in [0, 0.05) is 0 Å². The van der Waals surface area contributed by atoms with Gasteiger partial charge in [0.2, 0.25) is 0 Å². The maximum absolute atomic E-state index is 12.3. The van der Waals surface area contributed by atoms with Gasteiger partial charge in [-0.15, -0.1) is 0 Å². The van der Waals surface area contributed by atoms with Crippen LogP contribution in [0.4, 0.5) is 43.9 Å². The van der Waals surface area contributed by atoms with Crippen LogP contribution in [0.25, 0.3) is 4.13 Å². The number of hydrogen-bond acceptors (Lipinski definition) is 4. The van der Waals surface area contributed by atoms with E-state index in [4.69, 9.17) is 0 Å². The van der Waals surface area contributed by atoms with Crippen LogP contribution < -0.4 is 0 Å². The SMILES string of the molecule is CCCCC[N+]1(CC)CCCCC1.O=S(=O)([N-]S(=O)(=O)C(F)(F)C(F)(F)F)C(F)(F)C(F)(F)F. The summed E-state index contributed by atoms with van der Waals surface area (Å²) in [6.45, 7) is 10.4. The van der Waals surface area contributed by atoms with E-state index in [0.717, 1.165) is 0 Å². The van der Waals surface area contributed by atoms with Crippen LogP contribution in [-0.4, -0.2) is 70.4 Å². The molecule has 0 aliphatic carbocycles. The second-order valence-corrected chi connectivity index (χ2v) is 11.2. The van der Waals surface area contributed by atoms with E-state index in [0.29, 0.717) is 4.13 Å². The van der Waals surface area contributed by atoms with Crippen LogP contribution in [0.5, 0.6) is 0 Å². The Morgan fingerprint density at radius 1 is 0.676 bits per heavy atom. The van der Waals surface area contributed by atoms with E-state index < -0.39 is 42.9 Å². The van der Waals surface area contributed by atoms with Crippen molar-refractivity contribution in [1.29, 1.82) is 0 Å². The third-order valence-electron chi connectivity index (χ3n) is 5.18. The Bertz CT molecular complexity index is 796. The number of quaternary nitrogens is 1. The summed E-state index contributed by atoms with van der Waals surface area (Å²) < 4.78 is 162. The molecule has 0 amide bonds. The lowest BCUT2D eigenvalue weighted by molar-refractivity contribution is -0.931. The number of likely N-dealkylation sites (tertiary alicyclic amines) is 1. The molecule has 0 aromatic carbocycles. The summed E-state index contributed by atoms with van der Waals surface area (Å²) in [5, 5.41) is -14.0. The maximum Gasteiger partial charge on any atom is 0.467 e. The Hall–Kier alpha value is -0.880. The number of nitrogens with zero attached hydrogens (tertiary/aromatic N) is 2. The lowest BCUT2D eigenvalue weighted by atomic mass is 10.1. The molecule has 0 N–H and O–H groups in total. The predicted octanol–water partition coefficient (Wildman–Crippen LogP) is 5.53. The third-order valence-corrected chi connectivity index (χ3v) is 8.50. The standard InChI is InChI=1S/C12H26N.C4F10NO4S2/c1-3-5-7-10-13(4-2)11-8-6-9-12-13;5-1(6,7)3(11,12)20(16,17)15-21(18,19)4(13,14)2(8,9)10/h3-12H2,1-2H3;/q+1;-1. The first-order valence-electron chi connectivity index (χ1n) is 10.0. The van der Waals surface area contributed by atoms with Crippen molar-refractivity contribution in [3.63, 3.8) is 0 Å². The molecule has 6 nitrogen and oxygen atoms in total. The third kappa shape index (κ3) is 7.81. The summed E-state index contributed by atoms with van der Waals surface area (Å²) in [4.78, 5) is 0. The molecule has 1 aliphatic rings. The molecule has 1 fully saturated rings. The lowest BCUT2D eigenvalue weighted by Crippen LogP contribution is -2.51. The second-order valence-electron chi connectivity index (χ2n) is 7.65. The Labute approximate surface area is 191 Å². The van der Waals surface area contributed by atoms with Crippen molar-refractivity contribution in [3.05, 3.63) is 4.13 Å². The van der Waals surface area contributed by atoms with Crippen molar-refractivity contribution in [2.24, 2.45) is 0 Å². The number of unbranched alkanes of at least 4 members (excludes halogenated alkanes) is 2. The molecule has 18 heteroatoms. The van der Waals surface area contributed by atoms with Crippen LogP contribution in [0.15, 0.2) is 0 Å². The topological polar surface area (TPSA) is 82.4 Å². The summed E-state index contributed by atoms with van der Waals surface area (Å²) in [5.41, 5.74) is 0. The quantitative estimate of drug-likeness (QED) is 0.210. The Kier molecular flexibility index (Phi) is 11.2. The highest BCUT2D eigenvalue weighted by molar-refractivity contribution is 8.13. The van der Waals surface area contributed by atoms with E-state index in [1.807, 2.05) is 0 Å². The van der Waals surface area contributed by atoms with Gasteiger partial charge in [0.15, 0.2) is 20.0 Å². The molecule has 0 atom stereocenters. The van der Waals surface area contributed by atoms with Crippen LogP contribution in [0.2, 0.25) is 0 Å². The first-order chi connectivity index (χ1) is 15.0. The average molecular weight is 565 g/mol. The van der Waals surface area contributed by atoms with Gasteiger partial charge in [0.05, 0.1) is 26.2 Å². The van der Waals surface area contributed by atoms with Gasteiger partial charge in [-0.1, -0.05) is 13.3 Å². The van der Waals surface area contributed by atoms with Crippen LogP contribution >= 0.6 is 0 Å². The monoisotopic (exact) mass is 564 g/mol. The predicted molar refractivity (Wildman–Crippen MR) is 102 cm³/mol. The summed E-state index contributed by atoms with van der Waals surface area (Å²) in [6.07, 6.45) is -5.33. The Balaban J connectivity index is 0.000000712. The van der Waals surface area contributed by atoms with Gasteiger partial charge in [-0.3, -0.25) is 0 Å². The van der Waals surface area contributed by atoms with Crippen molar-refractivity contribution >= 4 is 20.0 Å². The largest absolute Gasteiger partial charge is 0.467 e. The number of alkyl halides is 10. The minimum atomic E-state index is -7.62. The van der Waals surface area contributed by atoms with Crippen LogP contribution in [-0.2, 0) is 20.0 Å². The fraction of sp³-hybridized carbons (Fsp3) is 1.00. The maximum atomic E-state index is 12.3. The molecular weight excluding hydrogens is 538 g/mol. The normalized spacial score (nSPS) is 18.2. The van der Waals surface area contributed by atoms with Crippen molar-refractivity contribution in [2.45, 2.75) is 75.2 Å². The molecule has 1 rings (SSSR count). The molecule has 34 heavy (non-hydrogen) atoms. The number of rotatable bonds is 9. The molecular formula is C16H26F10N2O4S2. The molecule has 1 aliphatic heterocycles. The molecule has 206 valence electrons. The van der Waals surface area contributed by atoms with E-state index >= 15 is 0 Å². The summed E-state index contributed by atoms with van der Waals surface area (Å²) >= 11 is 0. The fourth-order valence-corrected chi connectivity index (χ4v) is 5.46. The second kappa shape index (κ2) is 11.5. The van der Waals surface area contributed by atoms with Crippen molar-refractivity contribution < 1.29 is 65.2 Å². The Morgan fingerprint density at radius 3 is 1.35 bits per heavy atom. The van der Waals surface area contributed by atoms with Gasteiger partial charge < -0.3 is 8.61 Å². The van der Waals surface area contributed by atoms with Gasteiger partial charge in [-0.2, -0.15) is 43.9 Å². The molecule has 0 bridgehead atoms. The van der Waals surface area contributed by atoms with E-state index in [-0.39, 0.29) is 0 Å². The molecule has 0 unspecified atom stereocenters. The number of piperidine rings is 1. The van der Waals surface area contributed by atoms with E-state index in [9.17, 15) is 60.7 Å². The van der Waals surface area contributed by atoms with E-state index in [1.165, 1.54) is 69.2 Å². The van der Waals surface area contributed by atoms with Crippen molar-refractivity contribution in [1.82, 2.24) is 0 Å². The zero-order valence-electron chi connectivity index (χ0n) is 18.2. The van der Waals surface area contributed by atoms with Crippen LogP contribution in [0.3, 0.4) is 0 Å². The van der Waals surface area contributed by atoms with Crippen molar-refractivity contribution in [3.8, 4) is 0 Å². The van der Waals surface area contributed by atoms with E-state index in [2.05, 4.69) is 13.8 Å². The fourth-order valence-electron chi connectivity index (χ4n) is 3.09.